The molecule has 1 fully saturated rings. The summed E-state index contributed by atoms with van der Waals surface area (Å²) in [7, 11) is 1.62. The van der Waals surface area contributed by atoms with E-state index in [9.17, 15) is 0 Å². The Bertz CT molecular complexity index is 578. The van der Waals surface area contributed by atoms with E-state index in [1.165, 1.54) is 12.8 Å². The van der Waals surface area contributed by atoms with Crippen LogP contribution in [0.4, 0.5) is 0 Å². The predicted molar refractivity (Wildman–Crippen MR) is 108 cm³/mol. The van der Waals surface area contributed by atoms with Crippen molar-refractivity contribution >= 4 is 29.9 Å². The van der Waals surface area contributed by atoms with Crippen LogP contribution in [-0.4, -0.2) is 44.2 Å². The van der Waals surface area contributed by atoms with Crippen molar-refractivity contribution in [3.63, 3.8) is 0 Å². The first kappa shape index (κ1) is 20.4. The van der Waals surface area contributed by atoms with Gasteiger partial charge >= 0.3 is 0 Å². The molecular formula is C18H26IN3O2. The van der Waals surface area contributed by atoms with Gasteiger partial charge in [-0.1, -0.05) is 12.0 Å². The van der Waals surface area contributed by atoms with E-state index in [1.54, 1.807) is 7.11 Å². The summed E-state index contributed by atoms with van der Waals surface area (Å²) in [5.41, 5.74) is 1.06. The summed E-state index contributed by atoms with van der Waals surface area (Å²) in [6.45, 7) is 5.92. The van der Waals surface area contributed by atoms with Gasteiger partial charge in [0.1, 0.15) is 6.61 Å². The lowest BCUT2D eigenvalue weighted by molar-refractivity contribution is 0.330. The van der Waals surface area contributed by atoms with Gasteiger partial charge in [-0.25, -0.2) is 4.99 Å². The Labute approximate surface area is 161 Å². The summed E-state index contributed by atoms with van der Waals surface area (Å²) in [5, 5.41) is 3.36. The van der Waals surface area contributed by atoms with Crippen LogP contribution >= 0.6 is 24.0 Å². The quantitative estimate of drug-likeness (QED) is 0.318. The van der Waals surface area contributed by atoms with E-state index < -0.39 is 0 Å². The standard InChI is InChI=1S/C18H25N3O2.HI/c1-4-12-23-17-13-15(8-9-16(17)22-3)14-20-18(19-5-2)21-10-6-7-11-21;/h1,8-9,13H,5-7,10-12,14H2,2-3H3,(H,19,20);1H. The van der Waals surface area contributed by atoms with E-state index in [0.717, 1.165) is 31.2 Å². The summed E-state index contributed by atoms with van der Waals surface area (Å²) in [5.74, 6) is 4.78. The number of guanidine groups is 1. The Morgan fingerprint density at radius 2 is 2.08 bits per heavy atom. The van der Waals surface area contributed by atoms with Crippen LogP contribution in [-0.2, 0) is 6.54 Å². The van der Waals surface area contributed by atoms with Crippen molar-refractivity contribution in [1.82, 2.24) is 10.2 Å². The van der Waals surface area contributed by atoms with E-state index in [4.69, 9.17) is 20.9 Å². The van der Waals surface area contributed by atoms with Crippen molar-refractivity contribution in [2.45, 2.75) is 26.3 Å². The van der Waals surface area contributed by atoms with Gasteiger partial charge in [0.2, 0.25) is 0 Å². The lowest BCUT2D eigenvalue weighted by Gasteiger charge is -2.20. The number of ether oxygens (including phenoxy) is 2. The van der Waals surface area contributed by atoms with Gasteiger partial charge in [-0.05, 0) is 37.5 Å². The molecule has 5 nitrogen and oxygen atoms in total. The fraction of sp³-hybridized carbons (Fsp3) is 0.500. The minimum Gasteiger partial charge on any atom is -0.493 e. The third-order valence-electron chi connectivity index (χ3n) is 3.69. The minimum absolute atomic E-state index is 0. The van der Waals surface area contributed by atoms with Crippen LogP contribution in [0.2, 0.25) is 0 Å². The highest BCUT2D eigenvalue weighted by Crippen LogP contribution is 2.28. The molecule has 0 spiro atoms. The number of nitrogens with zero attached hydrogens (tertiary/aromatic N) is 2. The molecule has 1 N–H and O–H groups in total. The highest BCUT2D eigenvalue weighted by atomic mass is 127. The van der Waals surface area contributed by atoms with E-state index in [2.05, 4.69) is 23.1 Å². The maximum absolute atomic E-state index is 5.54. The largest absolute Gasteiger partial charge is 0.493 e. The summed E-state index contributed by atoms with van der Waals surface area (Å²) in [4.78, 5) is 7.05. The zero-order valence-electron chi connectivity index (χ0n) is 14.4. The lowest BCUT2D eigenvalue weighted by atomic mass is 10.2. The molecule has 0 saturated carbocycles. The summed E-state index contributed by atoms with van der Waals surface area (Å²) < 4.78 is 10.8. The van der Waals surface area contributed by atoms with Crippen LogP contribution in [0.3, 0.4) is 0 Å². The van der Waals surface area contributed by atoms with Crippen molar-refractivity contribution in [3.05, 3.63) is 23.8 Å². The van der Waals surface area contributed by atoms with E-state index >= 15 is 0 Å². The molecule has 0 aliphatic carbocycles. The van der Waals surface area contributed by atoms with Gasteiger partial charge in [0.25, 0.3) is 0 Å². The van der Waals surface area contributed by atoms with Gasteiger partial charge in [0.05, 0.1) is 13.7 Å². The molecule has 1 heterocycles. The van der Waals surface area contributed by atoms with Crippen LogP contribution in [0.1, 0.15) is 25.3 Å². The molecule has 1 aliphatic heterocycles. The average molecular weight is 443 g/mol. The van der Waals surface area contributed by atoms with Crippen LogP contribution in [0.15, 0.2) is 23.2 Å². The molecule has 0 radical (unpaired) electrons. The van der Waals surface area contributed by atoms with Crippen molar-refractivity contribution in [3.8, 4) is 23.8 Å². The number of nitrogens with one attached hydrogen (secondary N) is 1. The summed E-state index contributed by atoms with van der Waals surface area (Å²) >= 11 is 0. The van der Waals surface area contributed by atoms with Crippen LogP contribution in [0.5, 0.6) is 11.5 Å². The second kappa shape index (κ2) is 11.0. The second-order valence-electron chi connectivity index (χ2n) is 5.34. The number of terminal acetylenes is 1. The molecule has 6 heteroatoms. The number of rotatable bonds is 6. The second-order valence-corrected chi connectivity index (χ2v) is 5.34. The van der Waals surface area contributed by atoms with Gasteiger partial charge in [0, 0.05) is 19.6 Å². The molecule has 2 rings (SSSR count). The number of hydrogen-bond donors (Lipinski definition) is 1. The third-order valence-corrected chi connectivity index (χ3v) is 3.69. The first-order valence-electron chi connectivity index (χ1n) is 8.05. The number of methoxy groups -OCH3 is 1. The normalized spacial score (nSPS) is 13.9. The molecule has 0 aromatic heterocycles. The molecule has 0 atom stereocenters. The van der Waals surface area contributed by atoms with E-state index in [-0.39, 0.29) is 30.6 Å². The molecule has 24 heavy (non-hydrogen) atoms. The molecule has 1 aromatic rings. The topological polar surface area (TPSA) is 46.1 Å². The van der Waals surface area contributed by atoms with Gasteiger partial charge in [0.15, 0.2) is 17.5 Å². The van der Waals surface area contributed by atoms with Crippen LogP contribution in [0, 0.1) is 12.3 Å². The van der Waals surface area contributed by atoms with Crippen molar-refractivity contribution < 1.29 is 9.47 Å². The zero-order valence-corrected chi connectivity index (χ0v) is 16.7. The Morgan fingerprint density at radius 3 is 2.71 bits per heavy atom. The molecule has 0 amide bonds. The predicted octanol–water partition coefficient (Wildman–Crippen LogP) is 2.89. The highest BCUT2D eigenvalue weighted by molar-refractivity contribution is 14.0. The van der Waals surface area contributed by atoms with Gasteiger partial charge in [-0.3, -0.25) is 0 Å². The maximum atomic E-state index is 5.54. The number of aliphatic imine (C=N–C) groups is 1. The summed E-state index contributed by atoms with van der Waals surface area (Å²) in [6.07, 6.45) is 7.72. The number of hydrogen-bond acceptors (Lipinski definition) is 3. The van der Waals surface area contributed by atoms with Crippen molar-refractivity contribution in [1.29, 1.82) is 0 Å². The monoisotopic (exact) mass is 443 g/mol. The van der Waals surface area contributed by atoms with Gasteiger partial charge < -0.3 is 19.7 Å². The van der Waals surface area contributed by atoms with E-state index in [0.29, 0.717) is 18.0 Å². The van der Waals surface area contributed by atoms with Crippen molar-refractivity contribution in [2.75, 3.05) is 33.4 Å². The van der Waals surface area contributed by atoms with Crippen LogP contribution < -0.4 is 14.8 Å². The van der Waals surface area contributed by atoms with Crippen molar-refractivity contribution in [2.24, 2.45) is 4.99 Å². The maximum Gasteiger partial charge on any atom is 0.194 e. The molecule has 1 saturated heterocycles. The molecule has 132 valence electrons. The lowest BCUT2D eigenvalue weighted by Crippen LogP contribution is -2.39. The first-order chi connectivity index (χ1) is 11.3. The fourth-order valence-electron chi connectivity index (χ4n) is 2.57. The Balaban J connectivity index is 0.00000288. The molecule has 0 bridgehead atoms. The van der Waals surface area contributed by atoms with Gasteiger partial charge in [-0.15, -0.1) is 30.4 Å². The minimum atomic E-state index is 0. The number of benzene rings is 1. The van der Waals surface area contributed by atoms with E-state index in [1.807, 2.05) is 18.2 Å². The SMILES string of the molecule is C#CCOc1cc(CN=C(NCC)N2CCCC2)ccc1OC.I. The third kappa shape index (κ3) is 5.78. The fourth-order valence-corrected chi connectivity index (χ4v) is 2.57. The smallest absolute Gasteiger partial charge is 0.194 e. The van der Waals surface area contributed by atoms with Gasteiger partial charge in [-0.2, -0.15) is 0 Å². The molecule has 0 unspecified atom stereocenters. The Kier molecular flexibility index (Phi) is 9.38. The first-order valence-corrected chi connectivity index (χ1v) is 8.05. The number of likely N-dealkylation sites (tertiary alicyclic amines) is 1. The zero-order chi connectivity index (χ0) is 16.5. The Morgan fingerprint density at radius 1 is 1.33 bits per heavy atom. The Hall–Kier alpha value is -1.62. The average Bonchev–Trinajstić information content (AvgIpc) is 3.11. The van der Waals surface area contributed by atoms with Crippen LogP contribution in [0.25, 0.3) is 0 Å². The molecule has 1 aromatic carbocycles. The molecule has 1 aliphatic rings. The number of halogens is 1. The summed E-state index contributed by atoms with van der Waals surface area (Å²) in [6, 6.07) is 5.82. The molecular weight excluding hydrogens is 417 g/mol. The highest BCUT2D eigenvalue weighted by Gasteiger charge is 2.15.